The van der Waals surface area contributed by atoms with Crippen molar-refractivity contribution in [2.75, 3.05) is 20.3 Å². The highest BCUT2D eigenvalue weighted by Gasteiger charge is 2.37. The average molecular weight is 258 g/mol. The number of methoxy groups -OCH3 is 1. The highest BCUT2D eigenvalue weighted by molar-refractivity contribution is 5.83. The van der Waals surface area contributed by atoms with E-state index in [-0.39, 0.29) is 17.6 Å². The fraction of sp³-hybridized carbons (Fsp3) is 0.833. The van der Waals surface area contributed by atoms with Crippen LogP contribution in [0, 0.1) is 0 Å². The Morgan fingerprint density at radius 2 is 2.22 bits per heavy atom. The predicted octanol–water partition coefficient (Wildman–Crippen LogP) is -0.179. The summed E-state index contributed by atoms with van der Waals surface area (Å²) < 4.78 is 10.2. The second-order valence-electron chi connectivity index (χ2n) is 4.84. The molecule has 1 aliphatic rings. The lowest BCUT2D eigenvalue weighted by Gasteiger charge is -2.30. The second kappa shape index (κ2) is 6.15. The first kappa shape index (κ1) is 14.9. The standard InChI is InChI=1S/C12H22N2O4/c1-8-12(3,5-6-18-8)13-7-10(11(16)17-4)14-9(2)15/h8,10,13H,5-7H2,1-4H3,(H,14,15). The number of hydrogen-bond acceptors (Lipinski definition) is 5. The summed E-state index contributed by atoms with van der Waals surface area (Å²) in [6, 6.07) is -0.669. The largest absolute Gasteiger partial charge is 0.467 e. The van der Waals surface area contributed by atoms with Crippen molar-refractivity contribution in [1.82, 2.24) is 10.6 Å². The molecular formula is C12H22N2O4. The van der Waals surface area contributed by atoms with E-state index in [1.54, 1.807) is 0 Å². The molecule has 0 bridgehead atoms. The first-order valence-corrected chi connectivity index (χ1v) is 6.10. The maximum atomic E-state index is 11.5. The van der Waals surface area contributed by atoms with Crippen LogP contribution in [0.15, 0.2) is 0 Å². The van der Waals surface area contributed by atoms with Gasteiger partial charge >= 0.3 is 5.97 Å². The number of nitrogens with one attached hydrogen (secondary N) is 2. The third-order valence-electron chi connectivity index (χ3n) is 3.46. The molecule has 6 nitrogen and oxygen atoms in total. The van der Waals surface area contributed by atoms with E-state index in [1.807, 2.05) is 13.8 Å². The predicted molar refractivity (Wildman–Crippen MR) is 66.1 cm³/mol. The number of carbonyl (C=O) groups is 2. The summed E-state index contributed by atoms with van der Waals surface area (Å²) >= 11 is 0. The zero-order chi connectivity index (χ0) is 13.8. The van der Waals surface area contributed by atoms with Crippen LogP contribution in [-0.4, -0.2) is 49.8 Å². The van der Waals surface area contributed by atoms with Gasteiger partial charge in [0.05, 0.1) is 13.2 Å². The van der Waals surface area contributed by atoms with Crippen molar-refractivity contribution < 1.29 is 19.1 Å². The van der Waals surface area contributed by atoms with E-state index in [0.717, 1.165) is 6.42 Å². The maximum absolute atomic E-state index is 11.5. The minimum Gasteiger partial charge on any atom is -0.467 e. The van der Waals surface area contributed by atoms with Gasteiger partial charge in [0.25, 0.3) is 0 Å². The van der Waals surface area contributed by atoms with Crippen LogP contribution in [0.25, 0.3) is 0 Å². The van der Waals surface area contributed by atoms with Crippen LogP contribution < -0.4 is 10.6 Å². The van der Waals surface area contributed by atoms with E-state index in [4.69, 9.17) is 4.74 Å². The Morgan fingerprint density at radius 3 is 2.67 bits per heavy atom. The van der Waals surface area contributed by atoms with Crippen molar-refractivity contribution in [3.05, 3.63) is 0 Å². The molecule has 0 aromatic rings. The molecule has 2 N–H and O–H groups in total. The quantitative estimate of drug-likeness (QED) is 0.669. The molecule has 1 rings (SSSR count). The van der Waals surface area contributed by atoms with Gasteiger partial charge in [0.1, 0.15) is 6.04 Å². The Morgan fingerprint density at radius 1 is 1.56 bits per heavy atom. The van der Waals surface area contributed by atoms with E-state index < -0.39 is 12.0 Å². The lowest BCUT2D eigenvalue weighted by molar-refractivity contribution is -0.144. The van der Waals surface area contributed by atoms with Gasteiger partial charge in [-0.05, 0) is 20.3 Å². The monoisotopic (exact) mass is 258 g/mol. The number of amides is 1. The Kier molecular flexibility index (Phi) is 5.10. The van der Waals surface area contributed by atoms with Crippen LogP contribution in [0.4, 0.5) is 0 Å². The second-order valence-corrected chi connectivity index (χ2v) is 4.84. The number of ether oxygens (including phenoxy) is 2. The van der Waals surface area contributed by atoms with Gasteiger partial charge in [-0.3, -0.25) is 4.79 Å². The van der Waals surface area contributed by atoms with E-state index in [0.29, 0.717) is 13.2 Å². The van der Waals surface area contributed by atoms with Crippen LogP contribution in [-0.2, 0) is 19.1 Å². The molecule has 0 aliphatic carbocycles. The molecule has 3 atom stereocenters. The summed E-state index contributed by atoms with van der Waals surface area (Å²) in [7, 11) is 1.31. The van der Waals surface area contributed by atoms with Crippen LogP contribution in [0.3, 0.4) is 0 Å². The van der Waals surface area contributed by atoms with Gasteiger partial charge < -0.3 is 20.1 Å². The Balaban J connectivity index is 2.56. The molecule has 1 saturated heterocycles. The third kappa shape index (κ3) is 3.68. The number of hydrogen-bond donors (Lipinski definition) is 2. The number of rotatable bonds is 5. The molecule has 1 amide bonds. The Hall–Kier alpha value is -1.14. The fourth-order valence-corrected chi connectivity index (χ4v) is 1.98. The van der Waals surface area contributed by atoms with Gasteiger partial charge in [0.2, 0.25) is 5.91 Å². The molecule has 0 aromatic heterocycles. The SMILES string of the molecule is COC(=O)C(CNC1(C)CCOC1C)NC(C)=O. The van der Waals surface area contributed by atoms with Gasteiger partial charge in [0.15, 0.2) is 0 Å². The zero-order valence-electron chi connectivity index (χ0n) is 11.4. The maximum Gasteiger partial charge on any atom is 0.329 e. The molecule has 1 fully saturated rings. The van der Waals surface area contributed by atoms with Gasteiger partial charge in [-0.2, -0.15) is 0 Å². The molecule has 104 valence electrons. The van der Waals surface area contributed by atoms with Gasteiger partial charge in [-0.15, -0.1) is 0 Å². The van der Waals surface area contributed by atoms with E-state index >= 15 is 0 Å². The minimum atomic E-state index is -0.669. The van der Waals surface area contributed by atoms with Crippen LogP contribution in [0.2, 0.25) is 0 Å². The Bertz CT molecular complexity index is 321. The summed E-state index contributed by atoms with van der Waals surface area (Å²) in [6.07, 6.45) is 0.954. The van der Waals surface area contributed by atoms with E-state index in [9.17, 15) is 9.59 Å². The molecule has 3 unspecified atom stereocenters. The highest BCUT2D eigenvalue weighted by Crippen LogP contribution is 2.24. The smallest absolute Gasteiger partial charge is 0.329 e. The normalized spacial score (nSPS) is 28.8. The van der Waals surface area contributed by atoms with Crippen molar-refractivity contribution in [3.63, 3.8) is 0 Å². The topological polar surface area (TPSA) is 76.7 Å². The van der Waals surface area contributed by atoms with Gasteiger partial charge in [-0.25, -0.2) is 4.79 Å². The average Bonchev–Trinajstić information content (AvgIpc) is 2.64. The van der Waals surface area contributed by atoms with E-state index in [2.05, 4.69) is 15.4 Å². The molecule has 0 saturated carbocycles. The summed E-state index contributed by atoms with van der Waals surface area (Å²) in [4.78, 5) is 22.6. The summed E-state index contributed by atoms with van der Waals surface area (Å²) in [5.74, 6) is -0.707. The summed E-state index contributed by atoms with van der Waals surface area (Å²) in [6.45, 7) is 6.45. The van der Waals surface area contributed by atoms with Gasteiger partial charge in [-0.1, -0.05) is 0 Å². The molecule has 1 aliphatic heterocycles. The van der Waals surface area contributed by atoms with Gasteiger partial charge in [0, 0.05) is 25.6 Å². The lowest BCUT2D eigenvalue weighted by atomic mass is 9.94. The van der Waals surface area contributed by atoms with Crippen LogP contribution >= 0.6 is 0 Å². The fourth-order valence-electron chi connectivity index (χ4n) is 1.98. The Labute approximate surface area is 107 Å². The molecule has 1 heterocycles. The van der Waals surface area contributed by atoms with Crippen LogP contribution in [0.1, 0.15) is 27.2 Å². The first-order valence-electron chi connectivity index (χ1n) is 6.10. The number of carbonyl (C=O) groups excluding carboxylic acids is 2. The molecule has 18 heavy (non-hydrogen) atoms. The lowest BCUT2D eigenvalue weighted by Crippen LogP contribution is -2.55. The van der Waals surface area contributed by atoms with Crippen molar-refractivity contribution >= 4 is 11.9 Å². The van der Waals surface area contributed by atoms with Crippen LogP contribution in [0.5, 0.6) is 0 Å². The first-order chi connectivity index (χ1) is 8.39. The van der Waals surface area contributed by atoms with E-state index in [1.165, 1.54) is 14.0 Å². The van der Waals surface area contributed by atoms with Crippen molar-refractivity contribution in [2.24, 2.45) is 0 Å². The highest BCUT2D eigenvalue weighted by atomic mass is 16.5. The zero-order valence-corrected chi connectivity index (χ0v) is 11.4. The molecule has 6 heteroatoms. The molecule has 0 aromatic carbocycles. The molecule has 0 spiro atoms. The summed E-state index contributed by atoms with van der Waals surface area (Å²) in [5, 5.41) is 5.86. The van der Waals surface area contributed by atoms with Crippen molar-refractivity contribution in [2.45, 2.75) is 44.9 Å². The molecule has 0 radical (unpaired) electrons. The summed E-state index contributed by atoms with van der Waals surface area (Å²) in [5.41, 5.74) is -0.176. The third-order valence-corrected chi connectivity index (χ3v) is 3.46. The van der Waals surface area contributed by atoms with Crippen molar-refractivity contribution in [1.29, 1.82) is 0 Å². The number of esters is 1. The molecular weight excluding hydrogens is 236 g/mol. The van der Waals surface area contributed by atoms with Crippen molar-refractivity contribution in [3.8, 4) is 0 Å². The minimum absolute atomic E-state index is 0.0770.